The van der Waals surface area contributed by atoms with Crippen LogP contribution >= 0.6 is 0 Å². The Morgan fingerprint density at radius 3 is 2.32 bits per heavy atom. The molecule has 104 valence electrons. The Bertz CT molecular complexity index is 587. The first-order chi connectivity index (χ1) is 8.71. The van der Waals surface area contributed by atoms with Gasteiger partial charge < -0.3 is 10.2 Å². The smallest absolute Gasteiger partial charge is 0.138 e. The van der Waals surface area contributed by atoms with Crippen LogP contribution in [-0.2, 0) is 0 Å². The first kappa shape index (κ1) is 14.1. The number of hydrogen-bond acceptors (Lipinski definition) is 2. The van der Waals surface area contributed by atoms with Crippen molar-refractivity contribution in [3.8, 4) is 0 Å². The van der Waals surface area contributed by atoms with E-state index in [0.717, 1.165) is 11.3 Å². The van der Waals surface area contributed by atoms with Crippen LogP contribution in [0.4, 0.5) is 0 Å². The van der Waals surface area contributed by atoms with Gasteiger partial charge in [0, 0.05) is 5.39 Å². The highest BCUT2D eigenvalue weighted by Crippen LogP contribution is 2.37. The zero-order chi connectivity index (χ0) is 14.4. The second-order valence-corrected chi connectivity index (χ2v) is 6.86. The number of fused-ring (bicyclic) bond motifs is 1. The molecule has 0 aliphatic rings. The van der Waals surface area contributed by atoms with Crippen molar-refractivity contribution in [2.45, 2.75) is 53.5 Å². The molecule has 1 unspecified atom stereocenters. The van der Waals surface area contributed by atoms with Gasteiger partial charge >= 0.3 is 0 Å². The minimum Gasteiger partial charge on any atom is -0.459 e. The lowest BCUT2D eigenvalue weighted by Gasteiger charge is -2.24. The Morgan fingerprint density at radius 2 is 1.79 bits per heavy atom. The molecule has 1 atom stereocenters. The van der Waals surface area contributed by atoms with E-state index in [0.29, 0.717) is 5.92 Å². The van der Waals surface area contributed by atoms with Crippen LogP contribution in [0.15, 0.2) is 22.6 Å². The highest BCUT2D eigenvalue weighted by molar-refractivity contribution is 5.85. The van der Waals surface area contributed by atoms with Crippen LogP contribution in [0.25, 0.3) is 11.0 Å². The molecular formula is C17H25NO. The third-order valence-corrected chi connectivity index (χ3v) is 3.81. The zero-order valence-corrected chi connectivity index (χ0v) is 12.9. The minimum atomic E-state index is -0.0840. The van der Waals surface area contributed by atoms with Crippen LogP contribution in [0.3, 0.4) is 0 Å². The molecule has 0 amide bonds. The topological polar surface area (TPSA) is 39.2 Å². The van der Waals surface area contributed by atoms with Crippen molar-refractivity contribution in [2.75, 3.05) is 0 Å². The van der Waals surface area contributed by atoms with Crippen molar-refractivity contribution in [1.82, 2.24) is 0 Å². The molecule has 2 aromatic rings. The second-order valence-electron chi connectivity index (χ2n) is 6.86. The third-order valence-electron chi connectivity index (χ3n) is 3.81. The molecule has 0 fully saturated rings. The molecular weight excluding hydrogens is 234 g/mol. The molecule has 0 saturated carbocycles. The number of furan rings is 1. The molecule has 2 nitrogen and oxygen atoms in total. The van der Waals surface area contributed by atoms with Crippen LogP contribution < -0.4 is 5.73 Å². The van der Waals surface area contributed by atoms with E-state index in [-0.39, 0.29) is 11.5 Å². The van der Waals surface area contributed by atoms with Crippen molar-refractivity contribution in [3.63, 3.8) is 0 Å². The van der Waals surface area contributed by atoms with Crippen LogP contribution in [-0.4, -0.2) is 0 Å². The summed E-state index contributed by atoms with van der Waals surface area (Å²) in [5, 5.41) is 1.20. The SMILES string of the molecule is Cc1ccc(C(C)C)c2oc(C(N)C(C)(C)C)cc12. The average Bonchev–Trinajstić information content (AvgIpc) is 2.72. The Balaban J connectivity index is 2.63. The maximum atomic E-state index is 6.32. The molecule has 0 aliphatic heterocycles. The van der Waals surface area contributed by atoms with Crippen LogP contribution in [0.1, 0.15) is 63.5 Å². The fourth-order valence-electron chi connectivity index (χ4n) is 2.33. The highest BCUT2D eigenvalue weighted by atomic mass is 16.3. The molecule has 19 heavy (non-hydrogen) atoms. The lowest BCUT2D eigenvalue weighted by molar-refractivity contribution is 0.290. The van der Waals surface area contributed by atoms with Crippen LogP contribution in [0.5, 0.6) is 0 Å². The van der Waals surface area contributed by atoms with Gasteiger partial charge in [-0.3, -0.25) is 0 Å². The van der Waals surface area contributed by atoms with Crippen molar-refractivity contribution < 1.29 is 4.42 Å². The monoisotopic (exact) mass is 259 g/mol. The Morgan fingerprint density at radius 1 is 1.16 bits per heavy atom. The normalized spacial score (nSPS) is 14.3. The molecule has 2 rings (SSSR count). The quantitative estimate of drug-likeness (QED) is 0.832. The van der Waals surface area contributed by atoms with E-state index < -0.39 is 0 Å². The average molecular weight is 259 g/mol. The fraction of sp³-hybridized carbons (Fsp3) is 0.529. The van der Waals surface area contributed by atoms with E-state index in [2.05, 4.69) is 59.7 Å². The lowest BCUT2D eigenvalue weighted by atomic mass is 9.86. The first-order valence-electron chi connectivity index (χ1n) is 7.00. The van der Waals surface area contributed by atoms with Gasteiger partial charge in [-0.2, -0.15) is 0 Å². The van der Waals surface area contributed by atoms with E-state index in [4.69, 9.17) is 10.2 Å². The Labute approximate surface area is 116 Å². The summed E-state index contributed by atoms with van der Waals surface area (Å²) >= 11 is 0. The lowest BCUT2D eigenvalue weighted by Crippen LogP contribution is -2.25. The van der Waals surface area contributed by atoms with E-state index >= 15 is 0 Å². The molecule has 0 radical (unpaired) electrons. The van der Waals surface area contributed by atoms with Gasteiger partial charge in [-0.15, -0.1) is 0 Å². The highest BCUT2D eigenvalue weighted by Gasteiger charge is 2.26. The van der Waals surface area contributed by atoms with Crippen molar-refractivity contribution in [2.24, 2.45) is 11.1 Å². The molecule has 0 spiro atoms. The summed E-state index contributed by atoms with van der Waals surface area (Å²) in [6.07, 6.45) is 0. The van der Waals surface area contributed by atoms with Crippen molar-refractivity contribution >= 4 is 11.0 Å². The maximum absolute atomic E-state index is 6.32. The third kappa shape index (κ3) is 2.55. The predicted octanol–water partition coefficient (Wildman–Crippen LogP) is 4.91. The van der Waals surface area contributed by atoms with Gasteiger partial charge in [0.15, 0.2) is 0 Å². The largest absolute Gasteiger partial charge is 0.459 e. The summed E-state index contributed by atoms with van der Waals surface area (Å²) in [7, 11) is 0. The van der Waals surface area contributed by atoms with Gasteiger partial charge in [0.1, 0.15) is 11.3 Å². The Hall–Kier alpha value is -1.28. The van der Waals surface area contributed by atoms with E-state index in [9.17, 15) is 0 Å². The van der Waals surface area contributed by atoms with Gasteiger partial charge in [-0.1, -0.05) is 46.8 Å². The van der Waals surface area contributed by atoms with Crippen molar-refractivity contribution in [1.29, 1.82) is 0 Å². The number of aryl methyl sites for hydroxylation is 1. The minimum absolute atomic E-state index is 0.000223. The molecule has 2 heteroatoms. The molecule has 0 saturated heterocycles. The number of benzene rings is 1. The van der Waals surface area contributed by atoms with Gasteiger partial charge in [-0.05, 0) is 35.4 Å². The van der Waals surface area contributed by atoms with E-state index in [1.54, 1.807) is 0 Å². The maximum Gasteiger partial charge on any atom is 0.138 e. The van der Waals surface area contributed by atoms with Gasteiger partial charge in [0.05, 0.1) is 6.04 Å². The Kier molecular flexibility index (Phi) is 3.48. The van der Waals surface area contributed by atoms with E-state index in [1.807, 2.05) is 0 Å². The summed E-state index contributed by atoms with van der Waals surface area (Å²) in [4.78, 5) is 0. The molecule has 1 heterocycles. The summed E-state index contributed by atoms with van der Waals surface area (Å²) in [6, 6.07) is 6.36. The predicted molar refractivity (Wildman–Crippen MR) is 81.4 cm³/mol. The summed E-state index contributed by atoms with van der Waals surface area (Å²) in [5.74, 6) is 1.34. The fourth-order valence-corrected chi connectivity index (χ4v) is 2.33. The number of rotatable bonds is 2. The van der Waals surface area contributed by atoms with Gasteiger partial charge in [0.25, 0.3) is 0 Å². The standard InChI is InChI=1S/C17H25NO/c1-10(2)12-8-7-11(3)13-9-14(19-15(12)13)16(18)17(4,5)6/h7-10,16H,18H2,1-6H3. The van der Waals surface area contributed by atoms with Gasteiger partial charge in [-0.25, -0.2) is 0 Å². The molecule has 0 aliphatic carbocycles. The second kappa shape index (κ2) is 4.68. The molecule has 1 aromatic carbocycles. The number of nitrogens with two attached hydrogens (primary N) is 1. The summed E-state index contributed by atoms with van der Waals surface area (Å²) < 4.78 is 6.10. The van der Waals surface area contributed by atoms with Crippen molar-refractivity contribution in [3.05, 3.63) is 35.1 Å². The van der Waals surface area contributed by atoms with Crippen LogP contribution in [0.2, 0.25) is 0 Å². The van der Waals surface area contributed by atoms with Crippen LogP contribution in [0, 0.1) is 12.3 Å². The van der Waals surface area contributed by atoms with E-state index in [1.165, 1.54) is 16.5 Å². The first-order valence-corrected chi connectivity index (χ1v) is 7.00. The molecule has 0 bridgehead atoms. The number of hydrogen-bond donors (Lipinski definition) is 1. The summed E-state index contributed by atoms with van der Waals surface area (Å²) in [5.41, 5.74) is 9.83. The molecule has 1 aromatic heterocycles. The summed E-state index contributed by atoms with van der Waals surface area (Å²) in [6.45, 7) is 12.9. The molecule has 2 N–H and O–H groups in total. The zero-order valence-electron chi connectivity index (χ0n) is 12.9. The van der Waals surface area contributed by atoms with Gasteiger partial charge in [0.2, 0.25) is 0 Å².